The van der Waals surface area contributed by atoms with Crippen molar-refractivity contribution < 1.29 is 0 Å². The van der Waals surface area contributed by atoms with E-state index in [1.54, 1.807) is 29.1 Å². The van der Waals surface area contributed by atoms with E-state index in [9.17, 15) is 0 Å². The number of hydrogen-bond donors (Lipinski definition) is 1. The lowest BCUT2D eigenvalue weighted by atomic mass is 10.2. The Morgan fingerprint density at radius 2 is 1.84 bits per heavy atom. The van der Waals surface area contributed by atoms with Crippen LogP contribution in [0.15, 0.2) is 53.6 Å². The molecule has 0 aliphatic heterocycles. The summed E-state index contributed by atoms with van der Waals surface area (Å²) in [4.78, 5) is 0. The molecule has 4 nitrogen and oxygen atoms in total. The van der Waals surface area contributed by atoms with Crippen LogP contribution in [0.1, 0.15) is 16.8 Å². The van der Waals surface area contributed by atoms with Crippen molar-refractivity contribution in [1.29, 1.82) is 0 Å². The number of benzene rings is 2. The number of aryl methyl sites for hydroxylation is 1. The van der Waals surface area contributed by atoms with E-state index in [2.05, 4.69) is 15.6 Å². The average molecular weight is 394 g/mol. The van der Waals surface area contributed by atoms with Crippen LogP contribution >= 0.6 is 34.8 Å². The maximum Gasteiger partial charge on any atom is 0.136 e. The zero-order valence-electron chi connectivity index (χ0n) is 13.4. The van der Waals surface area contributed by atoms with Gasteiger partial charge in [0.25, 0.3) is 0 Å². The summed E-state index contributed by atoms with van der Waals surface area (Å²) in [5, 5.41) is 10.2. The van der Waals surface area contributed by atoms with Crippen LogP contribution in [-0.2, 0) is 6.54 Å². The molecule has 0 saturated heterocycles. The topological polar surface area (TPSA) is 42.2 Å². The third-order valence-corrected chi connectivity index (χ3v) is 4.73. The van der Waals surface area contributed by atoms with Gasteiger partial charge in [-0.15, -0.1) is 0 Å². The molecule has 1 N–H and O–H groups in total. The Hall–Kier alpha value is -2.01. The molecule has 0 bridgehead atoms. The van der Waals surface area contributed by atoms with Gasteiger partial charge < -0.3 is 0 Å². The van der Waals surface area contributed by atoms with Crippen LogP contribution in [0.2, 0.25) is 15.2 Å². The van der Waals surface area contributed by atoms with E-state index >= 15 is 0 Å². The lowest BCUT2D eigenvalue weighted by molar-refractivity contribution is 0.680. The third-order valence-electron chi connectivity index (χ3n) is 3.59. The first-order chi connectivity index (χ1) is 12.0. The molecule has 0 fully saturated rings. The van der Waals surface area contributed by atoms with E-state index in [-0.39, 0.29) is 0 Å². The fraction of sp³-hybridized carbons (Fsp3) is 0.111. The van der Waals surface area contributed by atoms with Crippen LogP contribution in [0, 0.1) is 6.92 Å². The molecule has 1 heterocycles. The van der Waals surface area contributed by atoms with Gasteiger partial charge in [-0.2, -0.15) is 10.2 Å². The van der Waals surface area contributed by atoms with Crippen LogP contribution < -0.4 is 5.43 Å². The Labute approximate surface area is 161 Å². The molecule has 0 aliphatic rings. The number of nitrogens with zero attached hydrogens (tertiary/aromatic N) is 3. The summed E-state index contributed by atoms with van der Waals surface area (Å²) in [7, 11) is 0. The molecule has 1 aromatic heterocycles. The molecule has 0 radical (unpaired) electrons. The Kier molecular flexibility index (Phi) is 5.63. The van der Waals surface area contributed by atoms with Crippen LogP contribution in [0.25, 0.3) is 0 Å². The van der Waals surface area contributed by atoms with Crippen LogP contribution in [0.4, 0.5) is 5.69 Å². The van der Waals surface area contributed by atoms with Gasteiger partial charge in [-0.3, -0.25) is 5.43 Å². The second-order valence-electron chi connectivity index (χ2n) is 5.43. The van der Waals surface area contributed by atoms with E-state index in [0.29, 0.717) is 21.7 Å². The average Bonchev–Trinajstić information content (AvgIpc) is 2.86. The molecule has 0 spiro atoms. The number of hydrazone groups is 1. The van der Waals surface area contributed by atoms with E-state index in [0.717, 1.165) is 22.5 Å². The van der Waals surface area contributed by atoms with Crippen LogP contribution in [0.5, 0.6) is 0 Å². The first-order valence-electron chi connectivity index (χ1n) is 7.55. The fourth-order valence-electron chi connectivity index (χ4n) is 2.31. The predicted octanol–water partition coefficient (Wildman–Crippen LogP) is 5.65. The quantitative estimate of drug-likeness (QED) is 0.450. The Balaban J connectivity index is 1.75. The Morgan fingerprint density at radius 3 is 2.56 bits per heavy atom. The highest BCUT2D eigenvalue weighted by Crippen LogP contribution is 2.25. The van der Waals surface area contributed by atoms with Gasteiger partial charge in [0.2, 0.25) is 0 Å². The molecular weight excluding hydrogens is 379 g/mol. The van der Waals surface area contributed by atoms with Gasteiger partial charge in [0.1, 0.15) is 5.15 Å². The molecule has 0 atom stereocenters. The monoisotopic (exact) mass is 392 g/mol. The summed E-state index contributed by atoms with van der Waals surface area (Å²) in [6, 6.07) is 15.2. The van der Waals surface area contributed by atoms with E-state index in [1.165, 1.54) is 0 Å². The highest BCUT2D eigenvalue weighted by atomic mass is 35.5. The molecule has 7 heteroatoms. The van der Waals surface area contributed by atoms with Crippen molar-refractivity contribution in [2.45, 2.75) is 13.5 Å². The first kappa shape index (κ1) is 17.8. The number of anilines is 1. The summed E-state index contributed by atoms with van der Waals surface area (Å²) in [5.41, 5.74) is 6.34. The molecular formula is C18H15Cl3N4. The summed E-state index contributed by atoms with van der Waals surface area (Å²) in [6.45, 7) is 2.50. The minimum atomic E-state index is 0.465. The van der Waals surface area contributed by atoms with Gasteiger partial charge in [-0.1, -0.05) is 65.1 Å². The molecule has 3 aromatic rings. The van der Waals surface area contributed by atoms with Crippen molar-refractivity contribution in [1.82, 2.24) is 9.78 Å². The van der Waals surface area contributed by atoms with Gasteiger partial charge in [0.05, 0.1) is 39.7 Å². The molecule has 128 valence electrons. The van der Waals surface area contributed by atoms with E-state index < -0.39 is 0 Å². The van der Waals surface area contributed by atoms with Crippen molar-refractivity contribution in [3.63, 3.8) is 0 Å². The van der Waals surface area contributed by atoms with Crippen molar-refractivity contribution >= 4 is 46.7 Å². The van der Waals surface area contributed by atoms with Crippen molar-refractivity contribution in [2.24, 2.45) is 5.10 Å². The van der Waals surface area contributed by atoms with Crippen molar-refractivity contribution in [3.8, 4) is 0 Å². The highest BCUT2D eigenvalue weighted by Gasteiger charge is 2.12. The lowest BCUT2D eigenvalue weighted by Gasteiger charge is -2.03. The van der Waals surface area contributed by atoms with E-state index in [1.807, 2.05) is 37.3 Å². The SMILES string of the molecule is Cc1nn(Cc2ccccc2)c(Cl)c1/C=N\Nc1ccc(Cl)c(Cl)c1. The van der Waals surface area contributed by atoms with Crippen LogP contribution in [0.3, 0.4) is 0 Å². The molecule has 2 aromatic carbocycles. The number of halogens is 3. The van der Waals surface area contributed by atoms with Gasteiger partial charge in [-0.05, 0) is 30.7 Å². The van der Waals surface area contributed by atoms with Gasteiger partial charge >= 0.3 is 0 Å². The minimum Gasteiger partial charge on any atom is -0.278 e. The number of hydrogen-bond acceptors (Lipinski definition) is 3. The summed E-state index contributed by atoms with van der Waals surface area (Å²) >= 11 is 18.3. The fourth-order valence-corrected chi connectivity index (χ4v) is 2.89. The first-order valence-corrected chi connectivity index (χ1v) is 8.69. The van der Waals surface area contributed by atoms with Crippen LogP contribution in [-0.4, -0.2) is 16.0 Å². The predicted molar refractivity (Wildman–Crippen MR) is 105 cm³/mol. The molecule has 3 rings (SSSR count). The summed E-state index contributed by atoms with van der Waals surface area (Å²) in [6.07, 6.45) is 1.65. The molecule has 25 heavy (non-hydrogen) atoms. The van der Waals surface area contributed by atoms with Crippen molar-refractivity contribution in [3.05, 3.63) is 80.6 Å². The van der Waals surface area contributed by atoms with Gasteiger partial charge in [0.15, 0.2) is 0 Å². The Bertz CT molecular complexity index is 904. The molecule has 0 aliphatic carbocycles. The minimum absolute atomic E-state index is 0.465. The molecule has 0 saturated carbocycles. The van der Waals surface area contributed by atoms with Gasteiger partial charge in [0, 0.05) is 0 Å². The van der Waals surface area contributed by atoms with Gasteiger partial charge in [-0.25, -0.2) is 4.68 Å². The number of nitrogens with one attached hydrogen (secondary N) is 1. The van der Waals surface area contributed by atoms with E-state index in [4.69, 9.17) is 34.8 Å². The number of rotatable bonds is 5. The third kappa shape index (κ3) is 4.34. The number of aromatic nitrogens is 2. The largest absolute Gasteiger partial charge is 0.278 e. The zero-order valence-corrected chi connectivity index (χ0v) is 15.6. The normalized spacial score (nSPS) is 11.2. The maximum absolute atomic E-state index is 6.45. The summed E-state index contributed by atoms with van der Waals surface area (Å²) in [5.74, 6) is 0. The zero-order chi connectivity index (χ0) is 17.8. The highest BCUT2D eigenvalue weighted by molar-refractivity contribution is 6.42. The molecule has 0 amide bonds. The van der Waals surface area contributed by atoms with Crippen molar-refractivity contribution in [2.75, 3.05) is 5.43 Å². The second kappa shape index (κ2) is 7.91. The maximum atomic E-state index is 6.45. The lowest BCUT2D eigenvalue weighted by Crippen LogP contribution is -2.01. The smallest absolute Gasteiger partial charge is 0.136 e. The second-order valence-corrected chi connectivity index (χ2v) is 6.60. The Morgan fingerprint density at radius 1 is 1.08 bits per heavy atom. The standard InChI is InChI=1S/C18H15Cl3N4/c1-12-15(10-22-23-14-7-8-16(19)17(20)9-14)18(21)25(24-12)11-13-5-3-2-4-6-13/h2-10,23H,11H2,1H3/b22-10-. The summed E-state index contributed by atoms with van der Waals surface area (Å²) < 4.78 is 1.76. The molecule has 0 unspecified atom stereocenters.